The van der Waals surface area contributed by atoms with Crippen molar-refractivity contribution < 1.29 is 4.79 Å². The summed E-state index contributed by atoms with van der Waals surface area (Å²) in [6.45, 7) is 2.20. The minimum atomic E-state index is -0.0163. The lowest BCUT2D eigenvalue weighted by Crippen LogP contribution is -2.36. The van der Waals surface area contributed by atoms with Gasteiger partial charge in [0.15, 0.2) is 0 Å². The van der Waals surface area contributed by atoms with Gasteiger partial charge >= 0.3 is 0 Å². The smallest absolute Gasteiger partial charge is 0.263 e. The number of amides is 1. The molecule has 1 saturated carbocycles. The summed E-state index contributed by atoms with van der Waals surface area (Å²) < 4.78 is 1.07. The molecule has 2 unspecified atom stereocenters. The Morgan fingerprint density at radius 1 is 1.37 bits per heavy atom. The van der Waals surface area contributed by atoms with E-state index >= 15 is 0 Å². The summed E-state index contributed by atoms with van der Waals surface area (Å²) in [4.78, 5) is 13.0. The van der Waals surface area contributed by atoms with Gasteiger partial charge in [-0.25, -0.2) is 0 Å². The standard InChI is InChI=1S/C15H18N2OS/c1-9-5-4-7-11(9)17-15(18)14-13(16)10-6-2-3-8-12(10)19-14/h2-3,6,8-9,11H,4-5,7,16H2,1H3,(H,17,18). The number of hydrogen-bond acceptors (Lipinski definition) is 3. The van der Waals surface area contributed by atoms with Gasteiger partial charge in [-0.1, -0.05) is 31.5 Å². The predicted octanol–water partition coefficient (Wildman–Crippen LogP) is 3.40. The van der Waals surface area contributed by atoms with E-state index in [0.717, 1.165) is 16.5 Å². The molecule has 100 valence electrons. The van der Waals surface area contributed by atoms with E-state index in [1.807, 2.05) is 24.3 Å². The molecule has 3 rings (SSSR count). The molecular formula is C15H18N2OS. The summed E-state index contributed by atoms with van der Waals surface area (Å²) in [5, 5.41) is 4.12. The number of carbonyl (C=O) groups is 1. The number of anilines is 1. The number of thiophene rings is 1. The largest absolute Gasteiger partial charge is 0.397 e. The topological polar surface area (TPSA) is 55.1 Å². The molecule has 1 aromatic carbocycles. The molecule has 3 nitrogen and oxygen atoms in total. The van der Waals surface area contributed by atoms with Crippen molar-refractivity contribution in [2.24, 2.45) is 5.92 Å². The molecule has 3 N–H and O–H groups in total. The first-order valence-electron chi connectivity index (χ1n) is 6.74. The summed E-state index contributed by atoms with van der Waals surface area (Å²) in [7, 11) is 0. The number of nitrogen functional groups attached to an aromatic ring is 1. The highest BCUT2D eigenvalue weighted by molar-refractivity contribution is 7.21. The lowest BCUT2D eigenvalue weighted by molar-refractivity contribution is 0.0934. The van der Waals surface area contributed by atoms with Crippen LogP contribution in [0.25, 0.3) is 10.1 Å². The Kier molecular flexibility index (Phi) is 3.19. The van der Waals surface area contributed by atoms with Gasteiger partial charge in [-0.15, -0.1) is 11.3 Å². The van der Waals surface area contributed by atoms with Crippen LogP contribution in [0, 0.1) is 5.92 Å². The number of rotatable bonds is 2. The van der Waals surface area contributed by atoms with Crippen LogP contribution < -0.4 is 11.1 Å². The Balaban J connectivity index is 1.87. The normalized spacial score (nSPS) is 22.8. The Bertz CT molecular complexity index is 620. The quantitative estimate of drug-likeness (QED) is 0.881. The first-order chi connectivity index (χ1) is 9.16. The maximum absolute atomic E-state index is 12.4. The molecule has 2 atom stereocenters. The Labute approximate surface area is 116 Å². The molecule has 0 bridgehead atoms. The van der Waals surface area contributed by atoms with Crippen molar-refractivity contribution in [3.63, 3.8) is 0 Å². The van der Waals surface area contributed by atoms with Crippen LogP contribution in [0.2, 0.25) is 0 Å². The lowest BCUT2D eigenvalue weighted by Gasteiger charge is -2.16. The van der Waals surface area contributed by atoms with E-state index in [0.29, 0.717) is 22.5 Å². The molecule has 0 aliphatic heterocycles. The molecule has 0 spiro atoms. The van der Waals surface area contributed by atoms with Crippen molar-refractivity contribution in [3.05, 3.63) is 29.1 Å². The van der Waals surface area contributed by atoms with Gasteiger partial charge in [-0.05, 0) is 24.8 Å². The lowest BCUT2D eigenvalue weighted by atomic mass is 10.1. The van der Waals surface area contributed by atoms with Gasteiger partial charge in [-0.3, -0.25) is 4.79 Å². The average Bonchev–Trinajstić information content (AvgIpc) is 2.95. The molecule has 0 radical (unpaired) electrons. The first kappa shape index (κ1) is 12.5. The van der Waals surface area contributed by atoms with Gasteiger partial charge < -0.3 is 11.1 Å². The van der Waals surface area contributed by atoms with Gasteiger partial charge in [0.25, 0.3) is 5.91 Å². The fourth-order valence-corrected chi connectivity index (χ4v) is 3.85. The van der Waals surface area contributed by atoms with E-state index in [1.165, 1.54) is 24.2 Å². The summed E-state index contributed by atoms with van der Waals surface area (Å²) in [6, 6.07) is 8.20. The summed E-state index contributed by atoms with van der Waals surface area (Å²) >= 11 is 1.48. The maximum Gasteiger partial charge on any atom is 0.263 e. The van der Waals surface area contributed by atoms with Gasteiger partial charge in [0, 0.05) is 16.1 Å². The van der Waals surface area contributed by atoms with Gasteiger partial charge in [-0.2, -0.15) is 0 Å². The molecule has 1 amide bonds. The third kappa shape index (κ3) is 2.21. The van der Waals surface area contributed by atoms with Crippen molar-refractivity contribution in [3.8, 4) is 0 Å². The summed E-state index contributed by atoms with van der Waals surface area (Å²) in [5.41, 5.74) is 6.71. The predicted molar refractivity (Wildman–Crippen MR) is 80.5 cm³/mol. The van der Waals surface area contributed by atoms with Crippen LogP contribution >= 0.6 is 11.3 Å². The second-order valence-electron chi connectivity index (χ2n) is 5.33. The minimum Gasteiger partial charge on any atom is -0.397 e. The molecule has 19 heavy (non-hydrogen) atoms. The number of fused-ring (bicyclic) bond motifs is 1. The fraction of sp³-hybridized carbons (Fsp3) is 0.400. The van der Waals surface area contributed by atoms with E-state index < -0.39 is 0 Å². The van der Waals surface area contributed by atoms with Crippen molar-refractivity contribution in [1.82, 2.24) is 5.32 Å². The molecule has 1 fully saturated rings. The second kappa shape index (κ2) is 4.85. The highest BCUT2D eigenvalue weighted by atomic mass is 32.1. The monoisotopic (exact) mass is 274 g/mol. The minimum absolute atomic E-state index is 0.0163. The van der Waals surface area contributed by atoms with Crippen LogP contribution in [0.5, 0.6) is 0 Å². The highest BCUT2D eigenvalue weighted by Gasteiger charge is 2.26. The molecule has 0 saturated heterocycles. The maximum atomic E-state index is 12.4. The zero-order valence-electron chi connectivity index (χ0n) is 11.0. The summed E-state index contributed by atoms with van der Waals surface area (Å²) in [5.74, 6) is 0.553. The van der Waals surface area contributed by atoms with Gasteiger partial charge in [0.05, 0.1) is 5.69 Å². The van der Waals surface area contributed by atoms with Crippen LogP contribution in [0.3, 0.4) is 0 Å². The number of nitrogens with one attached hydrogen (secondary N) is 1. The van der Waals surface area contributed by atoms with Crippen LogP contribution in [-0.2, 0) is 0 Å². The average molecular weight is 274 g/mol. The van der Waals surface area contributed by atoms with Crippen LogP contribution in [0.4, 0.5) is 5.69 Å². The molecule has 1 aliphatic carbocycles. The molecular weight excluding hydrogens is 256 g/mol. The molecule has 2 aromatic rings. The van der Waals surface area contributed by atoms with Crippen molar-refractivity contribution >= 4 is 33.0 Å². The third-order valence-corrected chi connectivity index (χ3v) is 5.20. The number of hydrogen-bond donors (Lipinski definition) is 2. The first-order valence-corrected chi connectivity index (χ1v) is 7.56. The van der Waals surface area contributed by atoms with Gasteiger partial charge in [0.2, 0.25) is 0 Å². The Morgan fingerprint density at radius 2 is 2.16 bits per heavy atom. The van der Waals surface area contributed by atoms with E-state index in [1.54, 1.807) is 0 Å². The molecule has 4 heteroatoms. The zero-order chi connectivity index (χ0) is 13.4. The number of nitrogens with two attached hydrogens (primary N) is 1. The van der Waals surface area contributed by atoms with Crippen molar-refractivity contribution in [2.45, 2.75) is 32.2 Å². The van der Waals surface area contributed by atoms with Crippen molar-refractivity contribution in [1.29, 1.82) is 0 Å². The highest BCUT2D eigenvalue weighted by Crippen LogP contribution is 2.34. The summed E-state index contributed by atoms with van der Waals surface area (Å²) in [6.07, 6.45) is 3.48. The van der Waals surface area contributed by atoms with Crippen LogP contribution in [0.1, 0.15) is 35.9 Å². The molecule has 1 aliphatic rings. The molecule has 1 heterocycles. The van der Waals surface area contributed by atoms with Crippen LogP contribution in [0.15, 0.2) is 24.3 Å². The van der Waals surface area contributed by atoms with E-state index in [9.17, 15) is 4.79 Å². The van der Waals surface area contributed by atoms with E-state index in [4.69, 9.17) is 5.73 Å². The third-order valence-electron chi connectivity index (χ3n) is 4.02. The Morgan fingerprint density at radius 3 is 2.84 bits per heavy atom. The number of carbonyl (C=O) groups excluding carboxylic acids is 1. The van der Waals surface area contributed by atoms with E-state index in [2.05, 4.69) is 12.2 Å². The van der Waals surface area contributed by atoms with Crippen LogP contribution in [-0.4, -0.2) is 11.9 Å². The van der Waals surface area contributed by atoms with Gasteiger partial charge in [0.1, 0.15) is 4.88 Å². The van der Waals surface area contributed by atoms with E-state index in [-0.39, 0.29) is 5.91 Å². The van der Waals surface area contributed by atoms with Crippen molar-refractivity contribution in [2.75, 3.05) is 5.73 Å². The Hall–Kier alpha value is -1.55. The zero-order valence-corrected chi connectivity index (χ0v) is 11.8. The fourth-order valence-electron chi connectivity index (χ4n) is 2.83. The second-order valence-corrected chi connectivity index (χ2v) is 6.38. The molecule has 1 aromatic heterocycles. The number of benzene rings is 1. The SMILES string of the molecule is CC1CCCC1NC(=O)c1sc2ccccc2c1N.